The number of carbonyl (C=O) groups excluding carboxylic acids is 1. The van der Waals surface area contributed by atoms with Crippen LogP contribution in [0.25, 0.3) is 10.6 Å². The van der Waals surface area contributed by atoms with Crippen molar-refractivity contribution in [1.29, 1.82) is 0 Å². The number of aromatic nitrogens is 2. The Morgan fingerprint density at radius 2 is 1.79 bits per heavy atom. The second-order valence-electron chi connectivity index (χ2n) is 6.34. The van der Waals surface area contributed by atoms with Crippen molar-refractivity contribution in [3.63, 3.8) is 0 Å². The van der Waals surface area contributed by atoms with Crippen molar-refractivity contribution in [1.82, 2.24) is 15.1 Å². The molecule has 0 radical (unpaired) electrons. The maximum atomic E-state index is 14.0. The Hall–Kier alpha value is -2.68. The van der Waals surface area contributed by atoms with Crippen molar-refractivity contribution >= 4 is 22.4 Å². The Balaban J connectivity index is 1.56. The Labute approximate surface area is 166 Å². The number of anilines is 1. The minimum absolute atomic E-state index is 0.190. The van der Waals surface area contributed by atoms with Gasteiger partial charge in [0.1, 0.15) is 11.9 Å². The van der Waals surface area contributed by atoms with E-state index in [9.17, 15) is 9.18 Å². The molecule has 0 spiro atoms. The first kappa shape index (κ1) is 18.7. The van der Waals surface area contributed by atoms with Crippen molar-refractivity contribution in [2.24, 2.45) is 0 Å². The zero-order chi connectivity index (χ0) is 19.3. The number of amides is 1. The van der Waals surface area contributed by atoms with Crippen LogP contribution in [0.4, 0.5) is 9.52 Å². The van der Waals surface area contributed by atoms with Gasteiger partial charge >= 0.3 is 0 Å². The van der Waals surface area contributed by atoms with Gasteiger partial charge in [0, 0.05) is 18.7 Å². The van der Waals surface area contributed by atoms with E-state index in [4.69, 9.17) is 4.74 Å². The molecular formula is C20H19FN4O2S. The number of morpholine rings is 1. The number of hydrogen-bond donors (Lipinski definition) is 1. The van der Waals surface area contributed by atoms with Crippen LogP contribution in [0.3, 0.4) is 0 Å². The van der Waals surface area contributed by atoms with Crippen molar-refractivity contribution < 1.29 is 13.9 Å². The number of benzene rings is 2. The molecule has 1 aromatic heterocycles. The maximum Gasteiger partial charge on any atom is 0.248 e. The first-order valence-electron chi connectivity index (χ1n) is 8.98. The number of nitrogens with one attached hydrogen (secondary N) is 1. The SMILES string of the molecule is O=C(Nc1nnc(-c2ccccc2F)s1)[C@@H](c1ccccc1)N1CCOCC1. The van der Waals surface area contributed by atoms with E-state index in [0.717, 1.165) is 16.9 Å². The normalized spacial score (nSPS) is 15.9. The molecule has 0 saturated carbocycles. The van der Waals surface area contributed by atoms with E-state index in [1.807, 2.05) is 30.3 Å². The second kappa shape index (κ2) is 8.55. The van der Waals surface area contributed by atoms with Crippen molar-refractivity contribution in [3.05, 3.63) is 66.0 Å². The molecular weight excluding hydrogens is 379 g/mol. The van der Waals surface area contributed by atoms with Crippen molar-refractivity contribution in [3.8, 4) is 10.6 Å². The predicted molar refractivity (Wildman–Crippen MR) is 106 cm³/mol. The molecule has 1 aliphatic rings. The highest BCUT2D eigenvalue weighted by Gasteiger charge is 2.29. The lowest BCUT2D eigenvalue weighted by molar-refractivity contribution is -0.123. The lowest BCUT2D eigenvalue weighted by Gasteiger charge is -2.33. The molecule has 2 aromatic carbocycles. The molecule has 2 heterocycles. The fourth-order valence-electron chi connectivity index (χ4n) is 3.19. The molecule has 144 valence electrons. The van der Waals surface area contributed by atoms with Gasteiger partial charge in [0.15, 0.2) is 5.01 Å². The highest BCUT2D eigenvalue weighted by Crippen LogP contribution is 2.30. The van der Waals surface area contributed by atoms with E-state index in [-0.39, 0.29) is 11.7 Å². The van der Waals surface area contributed by atoms with Crippen LogP contribution >= 0.6 is 11.3 Å². The number of halogens is 1. The first-order valence-corrected chi connectivity index (χ1v) is 9.80. The van der Waals surface area contributed by atoms with Gasteiger partial charge in [-0.25, -0.2) is 4.39 Å². The number of rotatable bonds is 5. The summed E-state index contributed by atoms with van der Waals surface area (Å²) < 4.78 is 19.4. The summed E-state index contributed by atoms with van der Waals surface area (Å²) in [5, 5.41) is 11.7. The quantitative estimate of drug-likeness (QED) is 0.714. The average Bonchev–Trinajstić information content (AvgIpc) is 3.18. The lowest BCUT2D eigenvalue weighted by atomic mass is 10.0. The number of hydrogen-bond acceptors (Lipinski definition) is 6. The highest BCUT2D eigenvalue weighted by atomic mass is 32.1. The topological polar surface area (TPSA) is 67.4 Å². The Kier molecular flexibility index (Phi) is 5.70. The van der Waals surface area contributed by atoms with Crippen LogP contribution in [0, 0.1) is 5.82 Å². The van der Waals surface area contributed by atoms with E-state index in [2.05, 4.69) is 20.4 Å². The molecule has 6 nitrogen and oxygen atoms in total. The van der Waals surface area contributed by atoms with Gasteiger partial charge in [0.25, 0.3) is 0 Å². The molecule has 0 unspecified atom stereocenters. The van der Waals surface area contributed by atoms with E-state index in [1.54, 1.807) is 18.2 Å². The molecule has 28 heavy (non-hydrogen) atoms. The fraction of sp³-hybridized carbons (Fsp3) is 0.250. The third-order valence-corrected chi connectivity index (χ3v) is 5.41. The minimum Gasteiger partial charge on any atom is -0.379 e. The van der Waals surface area contributed by atoms with Gasteiger partial charge in [-0.2, -0.15) is 0 Å². The van der Waals surface area contributed by atoms with Gasteiger partial charge < -0.3 is 4.74 Å². The van der Waals surface area contributed by atoms with Gasteiger partial charge in [0.05, 0.1) is 13.2 Å². The Morgan fingerprint density at radius 1 is 1.07 bits per heavy atom. The third-order valence-electron chi connectivity index (χ3n) is 4.53. The molecule has 1 amide bonds. The van der Waals surface area contributed by atoms with Gasteiger partial charge in [0.2, 0.25) is 11.0 Å². The monoisotopic (exact) mass is 398 g/mol. The van der Waals surface area contributed by atoms with Crippen LogP contribution in [0.2, 0.25) is 0 Å². The predicted octanol–water partition coefficient (Wildman–Crippen LogP) is 3.36. The van der Waals surface area contributed by atoms with Crippen molar-refractivity contribution in [2.75, 3.05) is 31.6 Å². The molecule has 1 aliphatic heterocycles. The molecule has 1 saturated heterocycles. The van der Waals surface area contributed by atoms with E-state index < -0.39 is 6.04 Å². The summed E-state index contributed by atoms with van der Waals surface area (Å²) in [4.78, 5) is 15.2. The third kappa shape index (κ3) is 4.09. The lowest BCUT2D eigenvalue weighted by Crippen LogP contribution is -2.43. The summed E-state index contributed by atoms with van der Waals surface area (Å²) in [5.74, 6) is -0.559. The van der Waals surface area contributed by atoms with Crippen LogP contribution < -0.4 is 5.32 Å². The molecule has 1 fully saturated rings. The van der Waals surface area contributed by atoms with E-state index >= 15 is 0 Å². The first-order chi connectivity index (χ1) is 13.7. The van der Waals surface area contributed by atoms with E-state index in [0.29, 0.717) is 42.0 Å². The average molecular weight is 398 g/mol. The molecule has 4 rings (SSSR count). The Morgan fingerprint density at radius 3 is 2.54 bits per heavy atom. The van der Waals surface area contributed by atoms with Gasteiger partial charge in [-0.1, -0.05) is 53.8 Å². The molecule has 1 atom stereocenters. The van der Waals surface area contributed by atoms with Crippen molar-refractivity contribution in [2.45, 2.75) is 6.04 Å². The zero-order valence-electron chi connectivity index (χ0n) is 15.0. The van der Waals surface area contributed by atoms with Crippen LogP contribution in [0.5, 0.6) is 0 Å². The number of nitrogens with zero attached hydrogens (tertiary/aromatic N) is 3. The minimum atomic E-state index is -0.453. The summed E-state index contributed by atoms with van der Waals surface area (Å²) >= 11 is 1.15. The molecule has 0 bridgehead atoms. The smallest absolute Gasteiger partial charge is 0.248 e. The Bertz CT molecular complexity index is 944. The number of ether oxygens (including phenoxy) is 1. The standard InChI is InChI=1S/C20H19FN4O2S/c21-16-9-5-4-8-15(16)19-23-24-20(28-19)22-18(26)17(14-6-2-1-3-7-14)25-10-12-27-13-11-25/h1-9,17H,10-13H2,(H,22,24,26)/t17-/m1/s1. The highest BCUT2D eigenvalue weighted by molar-refractivity contribution is 7.18. The summed E-state index contributed by atoms with van der Waals surface area (Å²) in [7, 11) is 0. The summed E-state index contributed by atoms with van der Waals surface area (Å²) in [5.41, 5.74) is 1.27. The largest absolute Gasteiger partial charge is 0.379 e. The molecule has 3 aromatic rings. The molecule has 1 N–H and O–H groups in total. The fourth-order valence-corrected chi connectivity index (χ4v) is 3.96. The van der Waals surface area contributed by atoms with Gasteiger partial charge in [-0.05, 0) is 17.7 Å². The van der Waals surface area contributed by atoms with E-state index in [1.165, 1.54) is 6.07 Å². The summed E-state index contributed by atoms with van der Waals surface area (Å²) in [6, 6.07) is 15.5. The van der Waals surface area contributed by atoms with Crippen LogP contribution in [-0.2, 0) is 9.53 Å². The number of carbonyl (C=O) groups is 1. The second-order valence-corrected chi connectivity index (χ2v) is 7.32. The maximum absolute atomic E-state index is 14.0. The summed E-state index contributed by atoms with van der Waals surface area (Å²) in [6.07, 6.45) is 0. The summed E-state index contributed by atoms with van der Waals surface area (Å²) in [6.45, 7) is 2.52. The van der Waals surface area contributed by atoms with Crippen LogP contribution in [0.1, 0.15) is 11.6 Å². The molecule has 8 heteroatoms. The van der Waals surface area contributed by atoms with Gasteiger partial charge in [-0.3, -0.25) is 15.0 Å². The van der Waals surface area contributed by atoms with Gasteiger partial charge in [-0.15, -0.1) is 10.2 Å². The molecule has 0 aliphatic carbocycles. The zero-order valence-corrected chi connectivity index (χ0v) is 15.9. The van der Waals surface area contributed by atoms with Crippen LogP contribution in [-0.4, -0.2) is 47.3 Å². The van der Waals surface area contributed by atoms with Crippen LogP contribution in [0.15, 0.2) is 54.6 Å².